The number of hydrogen-bond donors (Lipinski definition) is 0. The van der Waals surface area contributed by atoms with Crippen molar-refractivity contribution in [1.29, 1.82) is 5.26 Å². The van der Waals surface area contributed by atoms with Gasteiger partial charge in [0.1, 0.15) is 6.07 Å². The Bertz CT molecular complexity index is 768. The zero-order valence-electron chi connectivity index (χ0n) is 12.8. The molecule has 4 rings (SSSR count). The van der Waals surface area contributed by atoms with E-state index in [1.165, 1.54) is 4.90 Å². The summed E-state index contributed by atoms with van der Waals surface area (Å²) in [6.45, 7) is 3.89. The topological polar surface area (TPSA) is 70.4 Å². The molecule has 0 saturated carbocycles. The molecule has 6 heteroatoms. The number of carbonyl (C=O) groups excluding carboxylic acids is 2. The van der Waals surface area contributed by atoms with Crippen LogP contribution in [0.15, 0.2) is 18.2 Å². The molecule has 3 saturated heterocycles. The molecule has 1 aromatic carbocycles. The van der Waals surface area contributed by atoms with Gasteiger partial charge in [0.15, 0.2) is 0 Å². The molecule has 0 aromatic heterocycles. The molecule has 2 bridgehead atoms. The Hall–Kier alpha value is -1.46. The number of imide groups is 1. The van der Waals surface area contributed by atoms with Gasteiger partial charge in [-0.2, -0.15) is 5.26 Å². The standard InChI is InChI=1S/C17H15IN2O3/c1-16-5-6-17(2,23-16)13-12(16)14(21)20(15(13)22)10-4-3-9(8-19)11(18)7-10/h3-4,7,12-13H,5-6H2,1-2H3/t12-,13+,16?,17?. The van der Waals surface area contributed by atoms with E-state index in [0.717, 1.165) is 16.4 Å². The van der Waals surface area contributed by atoms with E-state index in [9.17, 15) is 9.59 Å². The maximum Gasteiger partial charge on any atom is 0.240 e. The Balaban J connectivity index is 1.79. The number of carbonyl (C=O) groups is 2. The second-order valence-electron chi connectivity index (χ2n) is 6.97. The van der Waals surface area contributed by atoms with Crippen LogP contribution in [0.1, 0.15) is 32.3 Å². The summed E-state index contributed by atoms with van der Waals surface area (Å²) >= 11 is 2.05. The number of fused-ring (bicyclic) bond motifs is 5. The van der Waals surface area contributed by atoms with Crippen molar-refractivity contribution in [3.63, 3.8) is 0 Å². The monoisotopic (exact) mass is 422 g/mol. The molecular weight excluding hydrogens is 407 g/mol. The van der Waals surface area contributed by atoms with Crippen LogP contribution >= 0.6 is 22.6 Å². The summed E-state index contributed by atoms with van der Waals surface area (Å²) in [7, 11) is 0. The molecule has 2 amide bonds. The van der Waals surface area contributed by atoms with Crippen LogP contribution in [0.25, 0.3) is 0 Å². The molecule has 0 spiro atoms. The van der Waals surface area contributed by atoms with Crippen LogP contribution < -0.4 is 4.90 Å². The quantitative estimate of drug-likeness (QED) is 0.516. The van der Waals surface area contributed by atoms with Crippen molar-refractivity contribution < 1.29 is 14.3 Å². The smallest absolute Gasteiger partial charge is 0.240 e. The Morgan fingerprint density at radius 2 is 1.78 bits per heavy atom. The molecule has 23 heavy (non-hydrogen) atoms. The highest BCUT2D eigenvalue weighted by Crippen LogP contribution is 2.60. The fraction of sp³-hybridized carbons (Fsp3) is 0.471. The average molecular weight is 422 g/mol. The number of nitriles is 1. The van der Waals surface area contributed by atoms with Gasteiger partial charge in [-0.15, -0.1) is 0 Å². The van der Waals surface area contributed by atoms with Crippen LogP contribution in [0.4, 0.5) is 5.69 Å². The molecule has 3 aliphatic rings. The van der Waals surface area contributed by atoms with E-state index in [4.69, 9.17) is 10.00 Å². The lowest BCUT2D eigenvalue weighted by Gasteiger charge is -2.27. The van der Waals surface area contributed by atoms with Gasteiger partial charge in [0.25, 0.3) is 0 Å². The lowest BCUT2D eigenvalue weighted by atomic mass is 9.69. The number of halogens is 1. The van der Waals surface area contributed by atoms with E-state index in [2.05, 4.69) is 28.7 Å². The summed E-state index contributed by atoms with van der Waals surface area (Å²) < 4.78 is 6.82. The fourth-order valence-electron chi connectivity index (χ4n) is 4.46. The molecular formula is C17H15IN2O3. The van der Waals surface area contributed by atoms with E-state index < -0.39 is 23.0 Å². The highest BCUT2D eigenvalue weighted by Gasteiger charge is 2.72. The van der Waals surface area contributed by atoms with Crippen molar-refractivity contribution in [2.75, 3.05) is 4.90 Å². The van der Waals surface area contributed by atoms with Crippen molar-refractivity contribution in [2.24, 2.45) is 11.8 Å². The third-order valence-corrected chi connectivity index (χ3v) is 6.43. The minimum absolute atomic E-state index is 0.175. The predicted molar refractivity (Wildman–Crippen MR) is 90.5 cm³/mol. The van der Waals surface area contributed by atoms with Crippen molar-refractivity contribution in [2.45, 2.75) is 37.9 Å². The van der Waals surface area contributed by atoms with E-state index in [1.807, 2.05) is 13.8 Å². The number of anilines is 1. The van der Waals surface area contributed by atoms with Gasteiger partial charge in [-0.05, 0) is 67.5 Å². The van der Waals surface area contributed by atoms with Crippen molar-refractivity contribution in [3.8, 4) is 6.07 Å². The number of amides is 2. The number of ether oxygens (including phenoxy) is 1. The predicted octanol–water partition coefficient (Wildman–Crippen LogP) is 2.61. The summed E-state index contributed by atoms with van der Waals surface area (Å²) in [5.41, 5.74) is 0.00165. The molecule has 0 radical (unpaired) electrons. The molecule has 4 atom stereocenters. The molecule has 3 aliphatic heterocycles. The largest absolute Gasteiger partial charge is 0.367 e. The lowest BCUT2D eigenvalue weighted by Crippen LogP contribution is -2.40. The third kappa shape index (κ3) is 1.81. The summed E-state index contributed by atoms with van der Waals surface area (Å²) in [5, 5.41) is 9.04. The van der Waals surface area contributed by atoms with Gasteiger partial charge in [0.05, 0.1) is 34.3 Å². The van der Waals surface area contributed by atoms with Gasteiger partial charge >= 0.3 is 0 Å². The molecule has 3 fully saturated rings. The minimum Gasteiger partial charge on any atom is -0.367 e. The Kier molecular flexibility index (Phi) is 2.98. The van der Waals surface area contributed by atoms with Crippen molar-refractivity contribution >= 4 is 40.1 Å². The molecule has 5 nitrogen and oxygen atoms in total. The summed E-state index contributed by atoms with van der Waals surface area (Å²) in [4.78, 5) is 27.2. The number of rotatable bonds is 1. The van der Waals surface area contributed by atoms with Crippen LogP contribution in [0.2, 0.25) is 0 Å². The maximum absolute atomic E-state index is 13.0. The van der Waals surface area contributed by atoms with E-state index in [1.54, 1.807) is 18.2 Å². The average Bonchev–Trinajstić information content (AvgIpc) is 3.04. The number of nitrogens with zero attached hydrogens (tertiary/aromatic N) is 2. The van der Waals surface area contributed by atoms with Crippen LogP contribution in [0, 0.1) is 26.7 Å². The van der Waals surface area contributed by atoms with Crippen LogP contribution in [-0.4, -0.2) is 23.0 Å². The highest BCUT2D eigenvalue weighted by atomic mass is 127. The van der Waals surface area contributed by atoms with Gasteiger partial charge in [0, 0.05) is 3.57 Å². The van der Waals surface area contributed by atoms with Crippen molar-refractivity contribution in [1.82, 2.24) is 0 Å². The lowest BCUT2D eigenvalue weighted by molar-refractivity contribution is -0.129. The first-order valence-electron chi connectivity index (χ1n) is 7.58. The maximum atomic E-state index is 13.0. The van der Waals surface area contributed by atoms with Gasteiger partial charge in [-0.25, -0.2) is 4.90 Å². The zero-order valence-corrected chi connectivity index (χ0v) is 15.0. The van der Waals surface area contributed by atoms with Gasteiger partial charge in [0.2, 0.25) is 11.8 Å². The first kappa shape index (κ1) is 15.1. The van der Waals surface area contributed by atoms with Crippen LogP contribution in [0.3, 0.4) is 0 Å². The van der Waals surface area contributed by atoms with Gasteiger partial charge < -0.3 is 4.74 Å². The molecule has 0 N–H and O–H groups in total. The summed E-state index contributed by atoms with van der Waals surface area (Å²) in [5.74, 6) is -1.15. The molecule has 118 valence electrons. The molecule has 1 aromatic rings. The SMILES string of the molecule is CC12CCC(C)(O1)[C@H]1C(=O)N(c3ccc(C#N)c(I)c3)C(=O)[C@H]12. The number of hydrogen-bond acceptors (Lipinski definition) is 4. The molecule has 3 heterocycles. The second-order valence-corrected chi connectivity index (χ2v) is 8.13. The first-order valence-corrected chi connectivity index (χ1v) is 8.66. The summed E-state index contributed by atoms with van der Waals surface area (Å²) in [6.07, 6.45) is 1.62. The molecule has 2 unspecified atom stereocenters. The molecule has 0 aliphatic carbocycles. The highest BCUT2D eigenvalue weighted by molar-refractivity contribution is 14.1. The zero-order chi connectivity index (χ0) is 16.6. The van der Waals surface area contributed by atoms with Gasteiger partial charge in [-0.3, -0.25) is 9.59 Å². The van der Waals surface area contributed by atoms with E-state index >= 15 is 0 Å². The Morgan fingerprint density at radius 3 is 2.26 bits per heavy atom. The van der Waals surface area contributed by atoms with Crippen molar-refractivity contribution in [3.05, 3.63) is 27.3 Å². The Labute approximate surface area is 147 Å². The van der Waals surface area contributed by atoms with E-state index in [-0.39, 0.29) is 11.8 Å². The third-order valence-electron chi connectivity index (χ3n) is 5.54. The number of benzene rings is 1. The van der Waals surface area contributed by atoms with E-state index in [0.29, 0.717) is 11.3 Å². The van der Waals surface area contributed by atoms with Crippen LogP contribution in [-0.2, 0) is 14.3 Å². The Morgan fingerprint density at radius 1 is 1.22 bits per heavy atom. The van der Waals surface area contributed by atoms with Gasteiger partial charge in [-0.1, -0.05) is 0 Å². The fourth-order valence-corrected chi connectivity index (χ4v) is 5.08. The normalized spacial score (nSPS) is 38.1. The minimum atomic E-state index is -0.541. The second kappa shape index (κ2) is 4.54. The van der Waals surface area contributed by atoms with Crippen LogP contribution in [0.5, 0.6) is 0 Å². The summed E-state index contributed by atoms with van der Waals surface area (Å²) in [6, 6.07) is 7.15. The first-order chi connectivity index (χ1) is 10.8.